The van der Waals surface area contributed by atoms with Crippen molar-refractivity contribution in [3.05, 3.63) is 77.8 Å². The molecule has 3 aromatic rings. The Labute approximate surface area is 220 Å². The van der Waals surface area contributed by atoms with E-state index in [0.717, 1.165) is 44.2 Å². The standard InChI is InChI=1S/C29H32F3N3O3/c1-18(17-33-27-22(31)11-6-12-23(27)32)34-28(36)24(15-19-7-3-2-4-8-19)35-29(37)26-14-13-25(38-26)20-9-5-10-21(30)16-20/h5-6,9-14,16,18-19,24,33H,2-4,7-8,15,17H2,1H3,(H,34,36)(H,35,37)/t18-,24-/m0/s1. The summed E-state index contributed by atoms with van der Waals surface area (Å²) in [6, 6.07) is 11.2. The highest BCUT2D eigenvalue weighted by atomic mass is 19.1. The first-order chi connectivity index (χ1) is 18.3. The zero-order chi connectivity index (χ0) is 27.1. The van der Waals surface area contributed by atoms with Gasteiger partial charge >= 0.3 is 0 Å². The van der Waals surface area contributed by atoms with Crippen LogP contribution in [0.1, 0.15) is 56.0 Å². The van der Waals surface area contributed by atoms with Crippen molar-refractivity contribution in [3.63, 3.8) is 0 Å². The number of rotatable bonds is 10. The van der Waals surface area contributed by atoms with Gasteiger partial charge in [-0.2, -0.15) is 0 Å². The quantitative estimate of drug-likeness (QED) is 0.300. The van der Waals surface area contributed by atoms with Crippen LogP contribution >= 0.6 is 0 Å². The van der Waals surface area contributed by atoms with Crippen molar-refractivity contribution in [1.82, 2.24) is 10.6 Å². The van der Waals surface area contributed by atoms with Gasteiger partial charge in [0.15, 0.2) is 5.76 Å². The molecule has 1 aromatic heterocycles. The van der Waals surface area contributed by atoms with Gasteiger partial charge < -0.3 is 20.4 Å². The summed E-state index contributed by atoms with van der Waals surface area (Å²) in [5.41, 5.74) is 0.237. The van der Waals surface area contributed by atoms with Gasteiger partial charge in [0.25, 0.3) is 5.91 Å². The largest absolute Gasteiger partial charge is 0.451 e. The number of para-hydroxylation sites is 1. The van der Waals surface area contributed by atoms with Gasteiger partial charge in [-0.05, 0) is 55.7 Å². The van der Waals surface area contributed by atoms with Crippen molar-refractivity contribution in [2.24, 2.45) is 5.92 Å². The molecule has 1 aliphatic rings. The summed E-state index contributed by atoms with van der Waals surface area (Å²) in [5, 5.41) is 8.34. The summed E-state index contributed by atoms with van der Waals surface area (Å²) >= 11 is 0. The lowest BCUT2D eigenvalue weighted by Crippen LogP contribution is -2.51. The van der Waals surface area contributed by atoms with Gasteiger partial charge in [0, 0.05) is 18.2 Å². The predicted octanol–water partition coefficient (Wildman–Crippen LogP) is 6.05. The van der Waals surface area contributed by atoms with Crippen LogP contribution in [0, 0.1) is 23.4 Å². The third kappa shape index (κ3) is 7.18. The number of nitrogens with one attached hydrogen (secondary N) is 3. The fraction of sp³-hybridized carbons (Fsp3) is 0.379. The van der Waals surface area contributed by atoms with Gasteiger partial charge in [-0.25, -0.2) is 13.2 Å². The van der Waals surface area contributed by atoms with Crippen LogP contribution in [-0.2, 0) is 4.79 Å². The molecule has 0 aliphatic heterocycles. The van der Waals surface area contributed by atoms with Crippen molar-refractivity contribution in [2.45, 2.75) is 57.5 Å². The highest BCUT2D eigenvalue weighted by Crippen LogP contribution is 2.28. The fourth-order valence-electron chi connectivity index (χ4n) is 4.79. The maximum Gasteiger partial charge on any atom is 0.287 e. The van der Waals surface area contributed by atoms with Crippen LogP contribution in [0.25, 0.3) is 11.3 Å². The smallest absolute Gasteiger partial charge is 0.287 e. The zero-order valence-corrected chi connectivity index (χ0v) is 21.2. The first-order valence-electron chi connectivity index (χ1n) is 12.9. The Balaban J connectivity index is 1.41. The molecule has 2 aromatic carbocycles. The maximum atomic E-state index is 13.9. The summed E-state index contributed by atoms with van der Waals surface area (Å²) < 4.78 is 47.1. The van der Waals surface area contributed by atoms with Crippen LogP contribution < -0.4 is 16.0 Å². The topological polar surface area (TPSA) is 83.4 Å². The molecule has 0 unspecified atom stereocenters. The number of halogens is 3. The van der Waals surface area contributed by atoms with Crippen LogP contribution in [0.4, 0.5) is 18.9 Å². The first-order valence-corrected chi connectivity index (χ1v) is 12.9. The molecule has 0 bridgehead atoms. The third-order valence-corrected chi connectivity index (χ3v) is 6.79. The molecular formula is C29H32F3N3O3. The lowest BCUT2D eigenvalue weighted by Gasteiger charge is -2.27. The first kappa shape index (κ1) is 27.3. The van der Waals surface area contributed by atoms with Gasteiger partial charge in [-0.3, -0.25) is 9.59 Å². The molecule has 3 N–H and O–H groups in total. The van der Waals surface area contributed by atoms with Crippen LogP contribution in [0.5, 0.6) is 0 Å². The molecule has 2 atom stereocenters. The van der Waals surface area contributed by atoms with Gasteiger partial charge in [0.05, 0.1) is 0 Å². The van der Waals surface area contributed by atoms with Gasteiger partial charge in [-0.15, -0.1) is 0 Å². The van der Waals surface area contributed by atoms with Crippen LogP contribution in [0.15, 0.2) is 59.0 Å². The van der Waals surface area contributed by atoms with Crippen LogP contribution in [0.2, 0.25) is 0 Å². The van der Waals surface area contributed by atoms with E-state index in [1.807, 2.05) is 0 Å². The zero-order valence-electron chi connectivity index (χ0n) is 21.2. The number of amides is 2. The molecule has 1 fully saturated rings. The van der Waals surface area contributed by atoms with Gasteiger partial charge in [0.1, 0.15) is 34.9 Å². The Morgan fingerprint density at radius 2 is 1.66 bits per heavy atom. The van der Waals surface area contributed by atoms with Crippen molar-refractivity contribution >= 4 is 17.5 Å². The molecule has 0 saturated heterocycles. The summed E-state index contributed by atoms with van der Waals surface area (Å²) in [7, 11) is 0. The second-order valence-corrected chi connectivity index (χ2v) is 9.83. The molecule has 4 rings (SSSR count). The second kappa shape index (κ2) is 12.7. The molecule has 6 nitrogen and oxygen atoms in total. The molecular weight excluding hydrogens is 495 g/mol. The molecule has 1 aliphatic carbocycles. The Morgan fingerprint density at radius 3 is 2.37 bits per heavy atom. The minimum absolute atomic E-state index is 0.00967. The Hall–Kier alpha value is -3.75. The molecule has 202 valence electrons. The van der Waals surface area contributed by atoms with E-state index in [4.69, 9.17) is 4.42 Å². The number of hydrogen-bond acceptors (Lipinski definition) is 4. The van der Waals surface area contributed by atoms with E-state index in [9.17, 15) is 22.8 Å². The van der Waals surface area contributed by atoms with E-state index >= 15 is 0 Å². The molecule has 1 heterocycles. The van der Waals surface area contributed by atoms with E-state index < -0.39 is 35.4 Å². The summed E-state index contributed by atoms with van der Waals surface area (Å²) in [6.45, 7) is 1.80. The number of furan rings is 1. The lowest BCUT2D eigenvalue weighted by atomic mass is 9.84. The molecule has 2 amide bonds. The number of hydrogen-bond donors (Lipinski definition) is 3. The molecule has 9 heteroatoms. The molecule has 1 saturated carbocycles. The van der Waals surface area contributed by atoms with E-state index in [1.165, 1.54) is 24.3 Å². The van der Waals surface area contributed by atoms with Crippen molar-refractivity contribution in [3.8, 4) is 11.3 Å². The highest BCUT2D eigenvalue weighted by molar-refractivity contribution is 5.96. The number of benzene rings is 2. The molecule has 0 radical (unpaired) electrons. The lowest BCUT2D eigenvalue weighted by molar-refractivity contribution is -0.124. The Bertz CT molecular complexity index is 1240. The third-order valence-electron chi connectivity index (χ3n) is 6.79. The van der Waals surface area contributed by atoms with E-state index in [2.05, 4.69) is 16.0 Å². The Kier molecular flexibility index (Phi) is 9.10. The van der Waals surface area contributed by atoms with E-state index in [1.54, 1.807) is 25.1 Å². The van der Waals surface area contributed by atoms with Gasteiger partial charge in [-0.1, -0.05) is 50.3 Å². The molecule has 38 heavy (non-hydrogen) atoms. The number of carbonyl (C=O) groups is 2. The maximum absolute atomic E-state index is 13.9. The van der Waals surface area contributed by atoms with E-state index in [0.29, 0.717) is 23.7 Å². The summed E-state index contributed by atoms with van der Waals surface area (Å²) in [4.78, 5) is 26.3. The number of carbonyl (C=O) groups excluding carboxylic acids is 2. The summed E-state index contributed by atoms with van der Waals surface area (Å²) in [6.07, 6.45) is 5.75. The molecule has 0 spiro atoms. The monoisotopic (exact) mass is 527 g/mol. The van der Waals surface area contributed by atoms with Gasteiger partial charge in [0.2, 0.25) is 5.91 Å². The fourth-order valence-corrected chi connectivity index (χ4v) is 4.79. The SMILES string of the molecule is C[C@@H](CNc1c(F)cccc1F)NC(=O)[C@H](CC1CCCCC1)NC(=O)c1ccc(-c2cccc(F)c2)o1. The van der Waals surface area contributed by atoms with E-state index in [-0.39, 0.29) is 23.9 Å². The van der Waals surface area contributed by atoms with Crippen molar-refractivity contribution < 1.29 is 27.2 Å². The van der Waals surface area contributed by atoms with Crippen LogP contribution in [-0.4, -0.2) is 30.4 Å². The van der Waals surface area contributed by atoms with Crippen LogP contribution in [0.3, 0.4) is 0 Å². The predicted molar refractivity (Wildman–Crippen MR) is 139 cm³/mol. The average molecular weight is 528 g/mol. The number of anilines is 1. The van der Waals surface area contributed by atoms with Crippen molar-refractivity contribution in [1.29, 1.82) is 0 Å². The summed E-state index contributed by atoms with van der Waals surface area (Å²) in [5.74, 6) is -2.16. The minimum atomic E-state index is -0.819. The van der Waals surface area contributed by atoms with Crippen molar-refractivity contribution in [2.75, 3.05) is 11.9 Å². The second-order valence-electron chi connectivity index (χ2n) is 9.83. The normalized spacial score (nSPS) is 15.5. The Morgan fingerprint density at radius 1 is 0.947 bits per heavy atom. The average Bonchev–Trinajstić information content (AvgIpc) is 3.39. The minimum Gasteiger partial charge on any atom is -0.451 e. The highest BCUT2D eigenvalue weighted by Gasteiger charge is 2.28.